The quantitative estimate of drug-likeness (QED) is 0.187. The largest absolute Gasteiger partial charge is 0.489 e. The van der Waals surface area contributed by atoms with Crippen LogP contribution in [0.5, 0.6) is 5.75 Å². The zero-order valence-electron chi connectivity index (χ0n) is 18.8. The maximum Gasteiger partial charge on any atom is 0.407 e. The molecule has 2 rings (SSSR count). The minimum absolute atomic E-state index is 0.0167. The van der Waals surface area contributed by atoms with Crippen molar-refractivity contribution in [2.75, 3.05) is 37.9 Å². The van der Waals surface area contributed by atoms with E-state index >= 15 is 0 Å². The molecule has 0 fully saturated rings. The van der Waals surface area contributed by atoms with Gasteiger partial charge in [0.1, 0.15) is 25.1 Å². The Hall–Kier alpha value is -3.46. The van der Waals surface area contributed by atoms with Gasteiger partial charge in [0.2, 0.25) is 0 Å². The minimum atomic E-state index is -0.694. The van der Waals surface area contributed by atoms with Gasteiger partial charge in [0.05, 0.1) is 18.9 Å². The molecule has 0 aromatic heterocycles. The molecule has 1 unspecified atom stereocenters. The topological polar surface area (TPSA) is 100 Å². The summed E-state index contributed by atoms with van der Waals surface area (Å²) in [5.41, 5.74) is 1.90. The van der Waals surface area contributed by atoms with Crippen molar-refractivity contribution in [2.45, 2.75) is 6.10 Å². The van der Waals surface area contributed by atoms with Gasteiger partial charge in [0.25, 0.3) is 0 Å². The van der Waals surface area contributed by atoms with Gasteiger partial charge in [0.15, 0.2) is 0 Å². The molecule has 2 aromatic carbocycles. The second kappa shape index (κ2) is 15.4. The standard InChI is InChI=1S/C25H28NO7S/c1-3-23(27)31-15-14-26-25(29)33-20(17-34-18-24(28)30-4-2)16-32-22-13-9-8-12-21(22)19-10-6-5-7-11-19/h3,5-13,20H,1-2,4,14-18H2,(H,26,29). The first kappa shape index (κ1) is 26.8. The van der Waals surface area contributed by atoms with Crippen molar-refractivity contribution in [1.29, 1.82) is 0 Å². The predicted molar refractivity (Wildman–Crippen MR) is 130 cm³/mol. The molecule has 0 bridgehead atoms. The first-order valence-electron chi connectivity index (χ1n) is 10.6. The summed E-state index contributed by atoms with van der Waals surface area (Å²) in [6, 6.07) is 17.3. The number of thioether (sulfide) groups is 1. The summed E-state index contributed by atoms with van der Waals surface area (Å²) in [5.74, 6) is 0.0560. The van der Waals surface area contributed by atoms with Gasteiger partial charge in [-0.1, -0.05) is 55.1 Å². The van der Waals surface area contributed by atoms with E-state index in [0.29, 0.717) is 11.5 Å². The maximum absolute atomic E-state index is 12.2. The monoisotopic (exact) mass is 486 g/mol. The number of benzene rings is 2. The van der Waals surface area contributed by atoms with E-state index in [4.69, 9.17) is 18.9 Å². The fourth-order valence-electron chi connectivity index (χ4n) is 2.73. The van der Waals surface area contributed by atoms with E-state index in [0.717, 1.165) is 17.2 Å². The van der Waals surface area contributed by atoms with Crippen LogP contribution in [-0.4, -0.2) is 62.0 Å². The van der Waals surface area contributed by atoms with Gasteiger partial charge >= 0.3 is 18.0 Å². The van der Waals surface area contributed by atoms with Crippen molar-refractivity contribution in [2.24, 2.45) is 0 Å². The lowest BCUT2D eigenvalue weighted by Gasteiger charge is -2.20. The molecule has 1 atom stereocenters. The molecule has 0 spiro atoms. The molecule has 1 amide bonds. The first-order valence-corrected chi connectivity index (χ1v) is 11.7. The Balaban J connectivity index is 1.96. The minimum Gasteiger partial charge on any atom is -0.489 e. The van der Waals surface area contributed by atoms with Crippen LogP contribution in [0.3, 0.4) is 0 Å². The van der Waals surface area contributed by atoms with Crippen LogP contribution in [0.25, 0.3) is 11.1 Å². The number of alkyl carbamates (subject to hydrolysis) is 1. The van der Waals surface area contributed by atoms with Gasteiger partial charge < -0.3 is 24.3 Å². The van der Waals surface area contributed by atoms with Gasteiger partial charge in [-0.15, -0.1) is 11.8 Å². The summed E-state index contributed by atoms with van der Waals surface area (Å²) in [6.07, 6.45) is -0.312. The summed E-state index contributed by atoms with van der Waals surface area (Å²) in [4.78, 5) is 34.9. The lowest BCUT2D eigenvalue weighted by molar-refractivity contribution is -0.139. The number of carbonyl (C=O) groups excluding carboxylic acids is 3. The van der Waals surface area contributed by atoms with Gasteiger partial charge in [-0.3, -0.25) is 4.79 Å². The molecule has 1 radical (unpaired) electrons. The Morgan fingerprint density at radius 3 is 2.50 bits per heavy atom. The Bertz CT molecular complexity index is 936. The van der Waals surface area contributed by atoms with Crippen LogP contribution in [0.1, 0.15) is 0 Å². The van der Waals surface area contributed by atoms with Crippen molar-refractivity contribution < 1.29 is 33.3 Å². The number of rotatable bonds is 14. The molecule has 2 aromatic rings. The van der Waals surface area contributed by atoms with E-state index in [1.807, 2.05) is 54.6 Å². The van der Waals surface area contributed by atoms with Gasteiger partial charge in [0, 0.05) is 17.4 Å². The Kier molecular flexibility index (Phi) is 12.1. The molecule has 0 saturated heterocycles. The summed E-state index contributed by atoms with van der Waals surface area (Å²) in [5, 5.41) is 2.51. The molecule has 0 aliphatic rings. The van der Waals surface area contributed by atoms with Gasteiger partial charge in [-0.05, 0) is 18.6 Å². The van der Waals surface area contributed by atoms with Crippen LogP contribution in [0.15, 0.2) is 67.3 Å². The number of para-hydroxylation sites is 1. The number of esters is 2. The van der Waals surface area contributed by atoms with Crippen LogP contribution in [-0.2, 0) is 23.8 Å². The number of nitrogens with one attached hydrogen (secondary N) is 1. The smallest absolute Gasteiger partial charge is 0.407 e. The second-order valence-electron chi connectivity index (χ2n) is 6.73. The Morgan fingerprint density at radius 1 is 1.03 bits per heavy atom. The Morgan fingerprint density at radius 2 is 1.76 bits per heavy atom. The summed E-state index contributed by atoms with van der Waals surface area (Å²) in [7, 11) is 0. The highest BCUT2D eigenvalue weighted by Gasteiger charge is 2.18. The van der Waals surface area contributed by atoms with E-state index < -0.39 is 24.1 Å². The zero-order valence-corrected chi connectivity index (χ0v) is 19.6. The molecule has 0 aliphatic heterocycles. The molecule has 8 nitrogen and oxygen atoms in total. The summed E-state index contributed by atoms with van der Waals surface area (Å²) >= 11 is 1.25. The molecule has 1 N–H and O–H groups in total. The van der Waals surface area contributed by atoms with E-state index in [2.05, 4.69) is 18.8 Å². The van der Waals surface area contributed by atoms with Gasteiger partial charge in [-0.25, -0.2) is 9.59 Å². The van der Waals surface area contributed by atoms with Crippen molar-refractivity contribution in [3.05, 3.63) is 74.2 Å². The van der Waals surface area contributed by atoms with E-state index in [1.54, 1.807) is 0 Å². The predicted octanol–water partition coefficient (Wildman–Crippen LogP) is 3.67. The van der Waals surface area contributed by atoms with Crippen molar-refractivity contribution in [3.8, 4) is 16.9 Å². The fourth-order valence-corrected chi connectivity index (χ4v) is 3.53. The van der Waals surface area contributed by atoms with Crippen molar-refractivity contribution in [1.82, 2.24) is 5.32 Å². The number of amides is 1. The molecule has 0 saturated carbocycles. The Labute approximate surface area is 203 Å². The van der Waals surface area contributed by atoms with Crippen LogP contribution >= 0.6 is 11.8 Å². The normalized spacial score (nSPS) is 11.1. The molecule has 0 heterocycles. The molecule has 0 aliphatic carbocycles. The van der Waals surface area contributed by atoms with E-state index in [-0.39, 0.29) is 32.1 Å². The maximum atomic E-state index is 12.2. The van der Waals surface area contributed by atoms with Crippen molar-refractivity contribution >= 4 is 29.8 Å². The lowest BCUT2D eigenvalue weighted by Crippen LogP contribution is -2.35. The van der Waals surface area contributed by atoms with Crippen LogP contribution in [0.4, 0.5) is 4.79 Å². The zero-order chi connectivity index (χ0) is 24.6. The molecular weight excluding hydrogens is 458 g/mol. The highest BCUT2D eigenvalue weighted by atomic mass is 32.2. The average Bonchev–Trinajstić information content (AvgIpc) is 2.85. The van der Waals surface area contributed by atoms with Crippen LogP contribution < -0.4 is 10.1 Å². The third-order valence-electron chi connectivity index (χ3n) is 4.24. The third-order valence-corrected chi connectivity index (χ3v) is 5.29. The van der Waals surface area contributed by atoms with E-state index in [9.17, 15) is 14.4 Å². The summed E-state index contributed by atoms with van der Waals surface area (Å²) < 4.78 is 21.1. The highest BCUT2D eigenvalue weighted by Crippen LogP contribution is 2.29. The molecule has 9 heteroatoms. The average molecular weight is 487 g/mol. The SMILES string of the molecule is [CH2]COC(=O)CSCC(COc1ccccc1-c1ccccc1)OC(=O)NCCOC(=O)C=C. The van der Waals surface area contributed by atoms with Crippen LogP contribution in [0.2, 0.25) is 0 Å². The number of carbonyl (C=O) groups is 3. The lowest BCUT2D eigenvalue weighted by atomic mass is 10.1. The second-order valence-corrected chi connectivity index (χ2v) is 7.76. The number of hydrogen-bond acceptors (Lipinski definition) is 8. The summed E-state index contributed by atoms with van der Waals surface area (Å²) in [6.45, 7) is 6.95. The highest BCUT2D eigenvalue weighted by molar-refractivity contribution is 7.99. The number of hydrogen-bond donors (Lipinski definition) is 1. The third kappa shape index (κ3) is 9.99. The molecule has 181 valence electrons. The van der Waals surface area contributed by atoms with E-state index in [1.165, 1.54) is 11.8 Å². The van der Waals surface area contributed by atoms with Crippen molar-refractivity contribution in [3.63, 3.8) is 0 Å². The fraction of sp³-hybridized carbons (Fsp3) is 0.280. The molecule has 34 heavy (non-hydrogen) atoms. The van der Waals surface area contributed by atoms with Crippen LogP contribution in [0, 0.1) is 6.92 Å². The molecular formula is C25H28NO7S. The number of ether oxygens (including phenoxy) is 4. The first-order chi connectivity index (χ1) is 16.5. The van der Waals surface area contributed by atoms with Gasteiger partial charge in [-0.2, -0.15) is 0 Å².